The van der Waals surface area contributed by atoms with Gasteiger partial charge in [-0.3, -0.25) is 9.78 Å². The van der Waals surface area contributed by atoms with Crippen molar-refractivity contribution < 1.29 is 9.53 Å². The molecular weight excluding hydrogens is 364 g/mol. The molecule has 1 unspecified atom stereocenters. The molecule has 0 aromatic carbocycles. The Balaban J connectivity index is 1.80. The van der Waals surface area contributed by atoms with Crippen molar-refractivity contribution in [3.8, 4) is 0 Å². The van der Waals surface area contributed by atoms with Gasteiger partial charge in [0.1, 0.15) is 0 Å². The summed E-state index contributed by atoms with van der Waals surface area (Å²) < 4.78 is 6.38. The third-order valence-electron chi connectivity index (χ3n) is 3.86. The molecule has 3 heterocycles. The second-order valence-corrected chi connectivity index (χ2v) is 7.14. The van der Waals surface area contributed by atoms with Crippen molar-refractivity contribution in [3.63, 3.8) is 0 Å². The first-order chi connectivity index (χ1) is 10.7. The molecule has 1 saturated heterocycles. The number of hydrogen-bond donors (Lipinski definition) is 1. The SMILES string of the molecule is O=C(NC(c1cccnc1)C1CCOCC1)c1cc(Br)cs1. The Kier molecular flexibility index (Phi) is 5.23. The molecule has 0 bridgehead atoms. The standard InChI is InChI=1S/C16H17BrN2O2S/c17-13-8-14(22-10-13)16(20)19-15(11-3-6-21-7-4-11)12-2-1-5-18-9-12/h1-2,5,8-11,15H,3-4,6-7H2,(H,19,20). The number of halogens is 1. The van der Waals surface area contributed by atoms with Crippen molar-refractivity contribution in [3.05, 3.63) is 50.9 Å². The van der Waals surface area contributed by atoms with Crippen molar-refractivity contribution in [1.82, 2.24) is 10.3 Å². The topological polar surface area (TPSA) is 51.2 Å². The van der Waals surface area contributed by atoms with E-state index in [-0.39, 0.29) is 11.9 Å². The van der Waals surface area contributed by atoms with Crippen LogP contribution in [0, 0.1) is 5.92 Å². The van der Waals surface area contributed by atoms with Crippen LogP contribution in [0.15, 0.2) is 40.4 Å². The summed E-state index contributed by atoms with van der Waals surface area (Å²) in [6.45, 7) is 1.50. The molecule has 1 amide bonds. The first-order valence-corrected chi connectivity index (χ1v) is 8.94. The maximum Gasteiger partial charge on any atom is 0.261 e. The summed E-state index contributed by atoms with van der Waals surface area (Å²) in [5.74, 6) is 0.348. The van der Waals surface area contributed by atoms with Gasteiger partial charge in [0.2, 0.25) is 0 Å². The summed E-state index contributed by atoms with van der Waals surface area (Å²) in [4.78, 5) is 17.4. The molecule has 4 nitrogen and oxygen atoms in total. The zero-order valence-electron chi connectivity index (χ0n) is 12.0. The van der Waals surface area contributed by atoms with Crippen LogP contribution >= 0.6 is 27.3 Å². The molecule has 0 spiro atoms. The van der Waals surface area contributed by atoms with Crippen LogP contribution in [0.2, 0.25) is 0 Å². The van der Waals surface area contributed by atoms with Gasteiger partial charge in [-0.25, -0.2) is 0 Å². The molecule has 1 aliphatic rings. The second-order valence-electron chi connectivity index (χ2n) is 5.32. The number of amides is 1. The van der Waals surface area contributed by atoms with E-state index >= 15 is 0 Å². The minimum absolute atomic E-state index is 0.0222. The molecule has 1 aliphatic heterocycles. The molecule has 0 saturated carbocycles. The highest BCUT2D eigenvalue weighted by Gasteiger charge is 2.27. The Morgan fingerprint density at radius 1 is 1.45 bits per heavy atom. The smallest absolute Gasteiger partial charge is 0.261 e. The van der Waals surface area contributed by atoms with Crippen LogP contribution in [0.5, 0.6) is 0 Å². The fraction of sp³-hybridized carbons (Fsp3) is 0.375. The Hall–Kier alpha value is -1.24. The molecule has 116 valence electrons. The minimum atomic E-state index is -0.0314. The highest BCUT2D eigenvalue weighted by molar-refractivity contribution is 9.10. The normalized spacial score (nSPS) is 17.1. The van der Waals surface area contributed by atoms with Gasteiger partial charge in [0.05, 0.1) is 10.9 Å². The lowest BCUT2D eigenvalue weighted by atomic mass is 9.87. The number of nitrogens with one attached hydrogen (secondary N) is 1. The van der Waals surface area contributed by atoms with Crippen molar-refractivity contribution in [1.29, 1.82) is 0 Å². The van der Waals surface area contributed by atoms with Gasteiger partial charge in [-0.15, -0.1) is 11.3 Å². The first kappa shape index (κ1) is 15.6. The predicted octanol–water partition coefficient (Wildman–Crippen LogP) is 3.80. The van der Waals surface area contributed by atoms with Gasteiger partial charge in [0, 0.05) is 35.5 Å². The number of thiophene rings is 1. The number of ether oxygens (including phenoxy) is 1. The van der Waals surface area contributed by atoms with Crippen molar-refractivity contribution in [2.75, 3.05) is 13.2 Å². The molecule has 0 radical (unpaired) electrons. The zero-order chi connectivity index (χ0) is 15.4. The summed E-state index contributed by atoms with van der Waals surface area (Å²) in [6.07, 6.45) is 5.50. The minimum Gasteiger partial charge on any atom is -0.381 e. The highest BCUT2D eigenvalue weighted by atomic mass is 79.9. The zero-order valence-corrected chi connectivity index (χ0v) is 14.4. The maximum absolute atomic E-state index is 12.5. The lowest BCUT2D eigenvalue weighted by Gasteiger charge is -2.31. The number of carbonyl (C=O) groups excluding carboxylic acids is 1. The van der Waals surface area contributed by atoms with Crippen LogP contribution in [0.3, 0.4) is 0 Å². The van der Waals surface area contributed by atoms with Crippen molar-refractivity contribution >= 4 is 33.2 Å². The van der Waals surface area contributed by atoms with Gasteiger partial charge in [-0.2, -0.15) is 0 Å². The molecule has 1 fully saturated rings. The van der Waals surface area contributed by atoms with Crippen LogP contribution in [0.1, 0.15) is 34.1 Å². The van der Waals surface area contributed by atoms with Gasteiger partial charge in [0.25, 0.3) is 5.91 Å². The lowest BCUT2D eigenvalue weighted by Crippen LogP contribution is -2.35. The van der Waals surface area contributed by atoms with E-state index in [1.54, 1.807) is 6.20 Å². The first-order valence-electron chi connectivity index (χ1n) is 7.26. The Morgan fingerprint density at radius 2 is 2.27 bits per heavy atom. The van der Waals surface area contributed by atoms with Crippen LogP contribution in [0.25, 0.3) is 0 Å². The molecule has 1 atom stereocenters. The lowest BCUT2D eigenvalue weighted by molar-refractivity contribution is 0.0514. The molecule has 1 N–H and O–H groups in total. The van der Waals surface area contributed by atoms with E-state index in [0.717, 1.165) is 36.1 Å². The summed E-state index contributed by atoms with van der Waals surface area (Å²) >= 11 is 4.83. The van der Waals surface area contributed by atoms with E-state index in [4.69, 9.17) is 4.74 Å². The third kappa shape index (κ3) is 3.74. The van der Waals surface area contributed by atoms with Gasteiger partial charge in [-0.1, -0.05) is 6.07 Å². The molecule has 6 heteroatoms. The Labute approximate surface area is 142 Å². The average Bonchev–Trinajstić information content (AvgIpc) is 3.01. The number of carbonyl (C=O) groups is 1. The Bertz CT molecular complexity index is 626. The molecular formula is C16H17BrN2O2S. The number of aromatic nitrogens is 1. The molecule has 0 aliphatic carbocycles. The van der Waals surface area contributed by atoms with Crippen LogP contribution in [-0.2, 0) is 4.74 Å². The van der Waals surface area contributed by atoms with E-state index in [1.165, 1.54) is 11.3 Å². The van der Waals surface area contributed by atoms with Crippen LogP contribution in [-0.4, -0.2) is 24.1 Å². The Morgan fingerprint density at radius 3 is 2.91 bits per heavy atom. The average molecular weight is 381 g/mol. The summed E-state index contributed by atoms with van der Waals surface area (Å²) in [6, 6.07) is 5.77. The number of rotatable bonds is 4. The molecule has 2 aromatic heterocycles. The second kappa shape index (κ2) is 7.35. The van der Waals surface area contributed by atoms with Crippen molar-refractivity contribution in [2.45, 2.75) is 18.9 Å². The van der Waals surface area contributed by atoms with Gasteiger partial charge >= 0.3 is 0 Å². The van der Waals surface area contributed by atoms with E-state index in [0.29, 0.717) is 10.8 Å². The summed E-state index contributed by atoms with van der Waals surface area (Å²) in [5, 5.41) is 5.11. The van der Waals surface area contributed by atoms with Gasteiger partial charge in [-0.05, 0) is 52.4 Å². The van der Waals surface area contributed by atoms with Crippen molar-refractivity contribution in [2.24, 2.45) is 5.92 Å². The van der Waals surface area contributed by atoms with E-state index < -0.39 is 0 Å². The van der Waals surface area contributed by atoms with E-state index in [1.807, 2.05) is 29.8 Å². The molecule has 3 rings (SSSR count). The number of nitrogens with zero attached hydrogens (tertiary/aromatic N) is 1. The van der Waals surface area contributed by atoms with E-state index in [9.17, 15) is 4.79 Å². The highest BCUT2D eigenvalue weighted by Crippen LogP contribution is 2.30. The maximum atomic E-state index is 12.5. The summed E-state index contributed by atoms with van der Waals surface area (Å²) in [5.41, 5.74) is 1.05. The van der Waals surface area contributed by atoms with Crippen LogP contribution in [0.4, 0.5) is 0 Å². The van der Waals surface area contributed by atoms with Gasteiger partial charge in [0.15, 0.2) is 0 Å². The fourth-order valence-electron chi connectivity index (χ4n) is 2.73. The van der Waals surface area contributed by atoms with Crippen LogP contribution < -0.4 is 5.32 Å². The monoisotopic (exact) mass is 380 g/mol. The largest absolute Gasteiger partial charge is 0.381 e. The molecule has 22 heavy (non-hydrogen) atoms. The quantitative estimate of drug-likeness (QED) is 0.877. The van der Waals surface area contributed by atoms with Gasteiger partial charge < -0.3 is 10.1 Å². The fourth-order valence-corrected chi connectivity index (χ4v) is 4.06. The molecule has 2 aromatic rings. The summed E-state index contributed by atoms with van der Waals surface area (Å²) in [7, 11) is 0. The van der Waals surface area contributed by atoms with E-state index in [2.05, 4.69) is 26.2 Å². The third-order valence-corrected chi connectivity index (χ3v) is 5.55. The number of hydrogen-bond acceptors (Lipinski definition) is 4. The number of pyridine rings is 1. The predicted molar refractivity (Wildman–Crippen MR) is 90.0 cm³/mol.